The number of nitrogens with one attached hydrogen (secondary N) is 1. The average molecular weight is 352 g/mol. The number of aromatic nitrogens is 2. The Hall–Kier alpha value is -1.14. The van der Waals surface area contributed by atoms with Gasteiger partial charge in [0.15, 0.2) is 0 Å². The van der Waals surface area contributed by atoms with Crippen molar-refractivity contribution in [3.63, 3.8) is 0 Å². The second-order valence-electron chi connectivity index (χ2n) is 4.98. The number of carbonyl (C=O) groups is 1. The van der Waals surface area contributed by atoms with Gasteiger partial charge in [-0.3, -0.25) is 9.78 Å². The molecule has 1 saturated heterocycles. The van der Waals surface area contributed by atoms with Gasteiger partial charge in [0, 0.05) is 29.6 Å². The first-order valence-electron chi connectivity index (χ1n) is 6.44. The number of amides is 1. The van der Waals surface area contributed by atoms with Crippen molar-refractivity contribution < 1.29 is 4.79 Å². The lowest BCUT2D eigenvalue weighted by Crippen LogP contribution is -2.39. The SMILES string of the molecule is CC1CSCC1NC(=O)c1ccc2cncc(Br)c2n1. The van der Waals surface area contributed by atoms with Crippen LogP contribution in [0.5, 0.6) is 0 Å². The Bertz CT molecular complexity index is 664. The van der Waals surface area contributed by atoms with Crippen LogP contribution in [0.4, 0.5) is 0 Å². The Kier molecular flexibility index (Phi) is 3.94. The van der Waals surface area contributed by atoms with Crippen LogP contribution in [0.25, 0.3) is 10.9 Å². The predicted octanol–water partition coefficient (Wildman–Crippen LogP) is 2.87. The molecule has 0 radical (unpaired) electrons. The highest BCUT2D eigenvalue weighted by Gasteiger charge is 2.26. The molecular weight excluding hydrogens is 338 g/mol. The largest absolute Gasteiger partial charge is 0.347 e. The first-order chi connectivity index (χ1) is 9.65. The van der Waals surface area contributed by atoms with Gasteiger partial charge in [0.1, 0.15) is 5.69 Å². The number of hydrogen-bond donors (Lipinski definition) is 1. The third-order valence-corrected chi connectivity index (χ3v) is 5.40. The van der Waals surface area contributed by atoms with E-state index in [0.29, 0.717) is 11.6 Å². The van der Waals surface area contributed by atoms with E-state index in [9.17, 15) is 4.79 Å². The van der Waals surface area contributed by atoms with Crippen LogP contribution in [0.3, 0.4) is 0 Å². The summed E-state index contributed by atoms with van der Waals surface area (Å²) in [5, 5.41) is 3.99. The normalized spacial score (nSPS) is 22.1. The van der Waals surface area contributed by atoms with Crippen molar-refractivity contribution in [2.75, 3.05) is 11.5 Å². The number of thioether (sulfide) groups is 1. The molecule has 2 atom stereocenters. The van der Waals surface area contributed by atoms with E-state index in [1.807, 2.05) is 17.8 Å². The third kappa shape index (κ3) is 2.67. The fraction of sp³-hybridized carbons (Fsp3) is 0.357. The zero-order chi connectivity index (χ0) is 14.1. The average Bonchev–Trinajstić information content (AvgIpc) is 2.84. The van der Waals surface area contributed by atoms with Crippen molar-refractivity contribution in [2.24, 2.45) is 5.92 Å². The molecule has 1 aliphatic heterocycles. The maximum Gasteiger partial charge on any atom is 0.270 e. The Balaban J connectivity index is 1.86. The smallest absolute Gasteiger partial charge is 0.270 e. The molecule has 0 saturated carbocycles. The molecule has 1 N–H and O–H groups in total. The van der Waals surface area contributed by atoms with Crippen molar-refractivity contribution >= 4 is 44.5 Å². The van der Waals surface area contributed by atoms with Gasteiger partial charge in [-0.2, -0.15) is 11.8 Å². The zero-order valence-electron chi connectivity index (χ0n) is 11.0. The van der Waals surface area contributed by atoms with E-state index in [1.54, 1.807) is 18.5 Å². The summed E-state index contributed by atoms with van der Waals surface area (Å²) in [6.45, 7) is 2.17. The van der Waals surface area contributed by atoms with Crippen LogP contribution in [0.2, 0.25) is 0 Å². The Morgan fingerprint density at radius 1 is 1.40 bits per heavy atom. The van der Waals surface area contributed by atoms with Gasteiger partial charge >= 0.3 is 0 Å². The van der Waals surface area contributed by atoms with Crippen molar-refractivity contribution in [3.8, 4) is 0 Å². The van der Waals surface area contributed by atoms with E-state index in [-0.39, 0.29) is 11.9 Å². The highest BCUT2D eigenvalue weighted by Crippen LogP contribution is 2.24. The summed E-state index contributed by atoms with van der Waals surface area (Å²) in [6.07, 6.45) is 3.43. The molecule has 0 aromatic carbocycles. The van der Waals surface area contributed by atoms with Gasteiger partial charge in [0.2, 0.25) is 0 Å². The minimum atomic E-state index is -0.102. The van der Waals surface area contributed by atoms with Crippen LogP contribution in [0, 0.1) is 5.92 Å². The van der Waals surface area contributed by atoms with Gasteiger partial charge < -0.3 is 5.32 Å². The number of carbonyl (C=O) groups excluding carboxylic acids is 1. The van der Waals surface area contributed by atoms with Gasteiger partial charge in [-0.25, -0.2) is 4.98 Å². The first-order valence-corrected chi connectivity index (χ1v) is 8.39. The van der Waals surface area contributed by atoms with Crippen LogP contribution < -0.4 is 5.32 Å². The molecule has 6 heteroatoms. The maximum absolute atomic E-state index is 12.3. The summed E-state index contributed by atoms with van der Waals surface area (Å²) < 4.78 is 0.800. The Labute approximate surface area is 129 Å². The molecule has 1 fully saturated rings. The lowest BCUT2D eigenvalue weighted by Gasteiger charge is -2.16. The molecule has 20 heavy (non-hydrogen) atoms. The van der Waals surface area contributed by atoms with E-state index in [4.69, 9.17) is 0 Å². The van der Waals surface area contributed by atoms with Gasteiger partial charge in [-0.1, -0.05) is 6.92 Å². The molecule has 3 rings (SSSR count). The summed E-state index contributed by atoms with van der Waals surface area (Å²) in [4.78, 5) is 20.8. The number of hydrogen-bond acceptors (Lipinski definition) is 4. The molecule has 0 bridgehead atoms. The molecule has 104 valence electrons. The molecule has 2 unspecified atom stereocenters. The number of pyridine rings is 2. The predicted molar refractivity (Wildman–Crippen MR) is 85.0 cm³/mol. The van der Waals surface area contributed by atoms with Crippen molar-refractivity contribution in [1.29, 1.82) is 0 Å². The van der Waals surface area contributed by atoms with E-state index < -0.39 is 0 Å². The van der Waals surface area contributed by atoms with Gasteiger partial charge in [0.25, 0.3) is 5.91 Å². The number of nitrogens with zero attached hydrogens (tertiary/aromatic N) is 2. The second-order valence-corrected chi connectivity index (χ2v) is 6.91. The molecule has 0 spiro atoms. The molecule has 2 aromatic rings. The lowest BCUT2D eigenvalue weighted by atomic mass is 10.1. The van der Waals surface area contributed by atoms with E-state index >= 15 is 0 Å². The number of rotatable bonds is 2. The highest BCUT2D eigenvalue weighted by atomic mass is 79.9. The summed E-state index contributed by atoms with van der Waals surface area (Å²) in [7, 11) is 0. The minimum Gasteiger partial charge on any atom is -0.347 e. The lowest BCUT2D eigenvalue weighted by molar-refractivity contribution is 0.0929. The molecular formula is C14H14BrN3OS. The van der Waals surface area contributed by atoms with Crippen LogP contribution in [-0.2, 0) is 0 Å². The van der Waals surface area contributed by atoms with Crippen LogP contribution in [0.15, 0.2) is 29.0 Å². The van der Waals surface area contributed by atoms with E-state index in [1.165, 1.54) is 0 Å². The fourth-order valence-corrected chi connectivity index (χ4v) is 4.07. The fourth-order valence-electron chi connectivity index (χ4n) is 2.22. The molecule has 0 aliphatic carbocycles. The zero-order valence-corrected chi connectivity index (χ0v) is 13.4. The van der Waals surface area contributed by atoms with Crippen LogP contribution in [0.1, 0.15) is 17.4 Å². The molecule has 2 aromatic heterocycles. The number of halogens is 1. The Morgan fingerprint density at radius 2 is 2.25 bits per heavy atom. The molecule has 1 aliphatic rings. The molecule has 3 heterocycles. The summed E-state index contributed by atoms with van der Waals surface area (Å²) in [5.74, 6) is 2.50. The highest BCUT2D eigenvalue weighted by molar-refractivity contribution is 9.10. The summed E-state index contributed by atoms with van der Waals surface area (Å²) in [6, 6.07) is 3.87. The van der Waals surface area contributed by atoms with Crippen LogP contribution >= 0.6 is 27.7 Å². The monoisotopic (exact) mass is 351 g/mol. The standard InChI is InChI=1S/C14H14BrN3OS/c1-8-6-20-7-12(8)18-14(19)11-3-2-9-4-16-5-10(15)13(9)17-11/h2-5,8,12H,6-7H2,1H3,(H,18,19). The summed E-state index contributed by atoms with van der Waals surface area (Å²) >= 11 is 5.30. The quantitative estimate of drug-likeness (QED) is 0.903. The topological polar surface area (TPSA) is 54.9 Å². The van der Waals surface area contributed by atoms with Crippen LogP contribution in [-0.4, -0.2) is 33.4 Å². The molecule has 1 amide bonds. The maximum atomic E-state index is 12.3. The van der Waals surface area contributed by atoms with Crippen molar-refractivity contribution in [1.82, 2.24) is 15.3 Å². The number of fused-ring (bicyclic) bond motifs is 1. The Morgan fingerprint density at radius 3 is 3.00 bits per heavy atom. The molecule has 4 nitrogen and oxygen atoms in total. The minimum absolute atomic E-state index is 0.102. The van der Waals surface area contributed by atoms with Gasteiger partial charge in [0.05, 0.1) is 9.99 Å². The summed E-state index contributed by atoms with van der Waals surface area (Å²) in [5.41, 5.74) is 1.22. The third-order valence-electron chi connectivity index (χ3n) is 3.47. The van der Waals surface area contributed by atoms with E-state index in [2.05, 4.69) is 38.1 Å². The van der Waals surface area contributed by atoms with Gasteiger partial charge in [-0.05, 0) is 39.7 Å². The van der Waals surface area contributed by atoms with Crippen molar-refractivity contribution in [3.05, 3.63) is 34.7 Å². The van der Waals surface area contributed by atoms with Crippen molar-refractivity contribution in [2.45, 2.75) is 13.0 Å². The first kappa shape index (κ1) is 13.8. The van der Waals surface area contributed by atoms with E-state index in [0.717, 1.165) is 26.9 Å². The second kappa shape index (κ2) is 5.69. The van der Waals surface area contributed by atoms with Gasteiger partial charge in [-0.15, -0.1) is 0 Å².